The van der Waals surface area contributed by atoms with Gasteiger partial charge in [0.05, 0.1) is 19.6 Å². The lowest BCUT2D eigenvalue weighted by molar-refractivity contribution is -0.136. The summed E-state index contributed by atoms with van der Waals surface area (Å²) in [7, 11) is 3.33. The van der Waals surface area contributed by atoms with Crippen molar-refractivity contribution < 1.29 is 19.0 Å². The minimum atomic E-state index is 0.124. The first-order valence-corrected chi connectivity index (χ1v) is 9.52. The van der Waals surface area contributed by atoms with E-state index in [2.05, 4.69) is 10.2 Å². The number of rotatable bonds is 10. The number of hydrogen-bond acceptors (Lipinski definition) is 5. The maximum Gasteiger partial charge on any atom is 0.227 e. The smallest absolute Gasteiger partial charge is 0.227 e. The maximum atomic E-state index is 12.9. The fraction of sp³-hybridized carbons (Fsp3) is 0.650. The van der Waals surface area contributed by atoms with Crippen LogP contribution in [0, 0.1) is 5.92 Å². The van der Waals surface area contributed by atoms with E-state index < -0.39 is 0 Å². The molecular formula is C20H30N2O4. The average Bonchev–Trinajstić information content (AvgIpc) is 3.35. The number of carbonyl (C=O) groups is 1. The van der Waals surface area contributed by atoms with Crippen molar-refractivity contribution >= 4 is 5.91 Å². The molecule has 0 unspecified atom stereocenters. The quantitative estimate of drug-likeness (QED) is 0.647. The standard InChI is InChI=1S/C20H30N2O4/c1-24-10-3-11-26-19-12-15(4-7-18(19)25-2)14-22(17-5-6-17)20(23)16-8-9-21-13-16/h4,7,12,16-17,21H,3,5-6,8-11,13-14H2,1-2H3/t16-/m1/s1. The maximum absolute atomic E-state index is 12.9. The van der Waals surface area contributed by atoms with Gasteiger partial charge in [0.15, 0.2) is 11.5 Å². The van der Waals surface area contributed by atoms with Crippen LogP contribution in [0.25, 0.3) is 0 Å². The van der Waals surface area contributed by atoms with E-state index in [-0.39, 0.29) is 11.8 Å². The molecule has 1 aromatic rings. The first-order valence-electron chi connectivity index (χ1n) is 9.52. The molecule has 2 fully saturated rings. The van der Waals surface area contributed by atoms with Gasteiger partial charge in [-0.1, -0.05) is 6.07 Å². The zero-order valence-electron chi connectivity index (χ0n) is 15.8. The van der Waals surface area contributed by atoms with E-state index >= 15 is 0 Å². The van der Waals surface area contributed by atoms with Crippen LogP contribution in [0.4, 0.5) is 0 Å². The van der Waals surface area contributed by atoms with Crippen LogP contribution < -0.4 is 14.8 Å². The molecule has 1 heterocycles. The van der Waals surface area contributed by atoms with E-state index in [1.807, 2.05) is 18.2 Å². The fourth-order valence-corrected chi connectivity index (χ4v) is 3.39. The SMILES string of the molecule is COCCCOc1cc(CN(C(=O)[C@@H]2CCNC2)C2CC2)ccc1OC. The van der Waals surface area contributed by atoms with Crippen LogP contribution in [0.2, 0.25) is 0 Å². The van der Waals surface area contributed by atoms with Crippen LogP contribution in [0.3, 0.4) is 0 Å². The van der Waals surface area contributed by atoms with Crippen molar-refractivity contribution in [2.75, 3.05) is 40.5 Å². The van der Waals surface area contributed by atoms with Gasteiger partial charge >= 0.3 is 0 Å². The molecule has 2 aliphatic rings. The van der Waals surface area contributed by atoms with Crippen molar-refractivity contribution in [3.63, 3.8) is 0 Å². The van der Waals surface area contributed by atoms with Crippen LogP contribution in [-0.2, 0) is 16.1 Å². The van der Waals surface area contributed by atoms with E-state index in [4.69, 9.17) is 14.2 Å². The Morgan fingerprint density at radius 1 is 1.19 bits per heavy atom. The largest absolute Gasteiger partial charge is 0.493 e. The van der Waals surface area contributed by atoms with Crippen molar-refractivity contribution in [1.82, 2.24) is 10.2 Å². The van der Waals surface area contributed by atoms with E-state index in [1.54, 1.807) is 14.2 Å². The first kappa shape index (κ1) is 19.0. The van der Waals surface area contributed by atoms with Gasteiger partial charge in [0.2, 0.25) is 5.91 Å². The van der Waals surface area contributed by atoms with Gasteiger partial charge in [0.1, 0.15) is 0 Å². The molecule has 1 amide bonds. The number of benzene rings is 1. The molecule has 1 aliphatic heterocycles. The van der Waals surface area contributed by atoms with Crippen LogP contribution in [0.5, 0.6) is 11.5 Å². The molecule has 1 atom stereocenters. The van der Waals surface area contributed by atoms with Crippen molar-refractivity contribution in [2.45, 2.75) is 38.3 Å². The molecule has 1 N–H and O–H groups in total. The van der Waals surface area contributed by atoms with E-state index in [1.165, 1.54) is 0 Å². The Morgan fingerprint density at radius 3 is 2.69 bits per heavy atom. The molecule has 0 aromatic heterocycles. The summed E-state index contributed by atoms with van der Waals surface area (Å²) >= 11 is 0. The lowest BCUT2D eigenvalue weighted by Gasteiger charge is -2.26. The van der Waals surface area contributed by atoms with Crippen LogP contribution in [0.1, 0.15) is 31.2 Å². The summed E-state index contributed by atoms with van der Waals surface area (Å²) in [6.45, 7) is 3.63. The summed E-state index contributed by atoms with van der Waals surface area (Å²) in [5.41, 5.74) is 1.08. The summed E-state index contributed by atoms with van der Waals surface area (Å²) in [6.07, 6.45) is 3.99. The Balaban J connectivity index is 1.67. The molecule has 6 heteroatoms. The Bertz CT molecular complexity index is 597. The van der Waals surface area contributed by atoms with Gasteiger partial charge in [0, 0.05) is 39.3 Å². The van der Waals surface area contributed by atoms with Crippen LogP contribution in [0.15, 0.2) is 18.2 Å². The number of nitrogens with one attached hydrogen (secondary N) is 1. The van der Waals surface area contributed by atoms with E-state index in [0.29, 0.717) is 25.8 Å². The van der Waals surface area contributed by atoms with Crippen molar-refractivity contribution in [1.29, 1.82) is 0 Å². The summed E-state index contributed by atoms with van der Waals surface area (Å²) in [5.74, 6) is 1.86. The average molecular weight is 362 g/mol. The van der Waals surface area contributed by atoms with Gasteiger partial charge in [-0.05, 0) is 43.5 Å². The number of nitrogens with zero attached hydrogens (tertiary/aromatic N) is 1. The summed E-state index contributed by atoms with van der Waals surface area (Å²) in [4.78, 5) is 15.0. The lowest BCUT2D eigenvalue weighted by atomic mass is 10.1. The minimum absolute atomic E-state index is 0.124. The third-order valence-electron chi connectivity index (χ3n) is 5.01. The number of methoxy groups -OCH3 is 2. The van der Waals surface area contributed by atoms with Gasteiger partial charge in [0.25, 0.3) is 0 Å². The Hall–Kier alpha value is -1.79. The summed E-state index contributed by atoms with van der Waals surface area (Å²) in [5, 5.41) is 3.29. The Kier molecular flexibility index (Phi) is 6.74. The topological polar surface area (TPSA) is 60.0 Å². The molecule has 1 saturated carbocycles. The normalized spacial score (nSPS) is 19.4. The molecule has 0 spiro atoms. The van der Waals surface area contributed by atoms with Crippen molar-refractivity contribution in [2.24, 2.45) is 5.92 Å². The molecule has 6 nitrogen and oxygen atoms in total. The number of ether oxygens (including phenoxy) is 3. The summed E-state index contributed by atoms with van der Waals surface area (Å²) < 4.78 is 16.3. The fourth-order valence-electron chi connectivity index (χ4n) is 3.39. The summed E-state index contributed by atoms with van der Waals surface area (Å²) in [6, 6.07) is 6.35. The molecule has 1 saturated heterocycles. The molecule has 26 heavy (non-hydrogen) atoms. The molecule has 0 bridgehead atoms. The van der Waals surface area contributed by atoms with Crippen LogP contribution >= 0.6 is 0 Å². The third-order valence-corrected chi connectivity index (χ3v) is 5.01. The zero-order valence-corrected chi connectivity index (χ0v) is 15.8. The van der Waals surface area contributed by atoms with E-state index in [0.717, 1.165) is 55.8 Å². The number of carbonyl (C=O) groups excluding carboxylic acids is 1. The van der Waals surface area contributed by atoms with Gasteiger partial charge in [-0.3, -0.25) is 4.79 Å². The highest BCUT2D eigenvalue weighted by atomic mass is 16.5. The third kappa shape index (κ3) is 4.89. The molecule has 1 aliphatic carbocycles. The van der Waals surface area contributed by atoms with Gasteiger partial charge in [-0.25, -0.2) is 0 Å². The lowest BCUT2D eigenvalue weighted by Crippen LogP contribution is -2.38. The first-order chi connectivity index (χ1) is 12.7. The predicted molar refractivity (Wildman–Crippen MR) is 99.5 cm³/mol. The molecule has 3 rings (SSSR count). The second-order valence-electron chi connectivity index (χ2n) is 7.07. The molecule has 1 aromatic carbocycles. The second-order valence-corrected chi connectivity index (χ2v) is 7.07. The zero-order chi connectivity index (χ0) is 18.4. The highest BCUT2D eigenvalue weighted by Gasteiger charge is 2.36. The van der Waals surface area contributed by atoms with Crippen molar-refractivity contribution in [3.8, 4) is 11.5 Å². The minimum Gasteiger partial charge on any atom is -0.493 e. The Labute approximate surface area is 155 Å². The van der Waals surface area contributed by atoms with Gasteiger partial charge in [-0.15, -0.1) is 0 Å². The predicted octanol–water partition coefficient (Wildman–Crippen LogP) is 2.21. The molecule has 0 radical (unpaired) electrons. The monoisotopic (exact) mass is 362 g/mol. The number of amides is 1. The van der Waals surface area contributed by atoms with Crippen LogP contribution in [-0.4, -0.2) is 57.4 Å². The molecular weight excluding hydrogens is 332 g/mol. The van der Waals surface area contributed by atoms with Gasteiger partial charge < -0.3 is 24.4 Å². The Morgan fingerprint density at radius 2 is 2.04 bits per heavy atom. The highest BCUT2D eigenvalue weighted by Crippen LogP contribution is 2.33. The van der Waals surface area contributed by atoms with Crippen molar-refractivity contribution in [3.05, 3.63) is 23.8 Å². The van der Waals surface area contributed by atoms with Gasteiger partial charge in [-0.2, -0.15) is 0 Å². The second kappa shape index (κ2) is 9.24. The number of hydrogen-bond donors (Lipinski definition) is 1. The van der Waals surface area contributed by atoms with E-state index in [9.17, 15) is 4.79 Å². The molecule has 144 valence electrons. The highest BCUT2D eigenvalue weighted by molar-refractivity contribution is 5.80.